The Morgan fingerprint density at radius 3 is 1.78 bits per heavy atom. The maximum atomic E-state index is 3.71. The smallest absolute Gasteiger partial charge is 0.0155 e. The van der Waals surface area contributed by atoms with Crippen LogP contribution in [0.4, 0.5) is 0 Å². The van der Waals surface area contributed by atoms with Gasteiger partial charge in [0.15, 0.2) is 0 Å². The van der Waals surface area contributed by atoms with E-state index < -0.39 is 0 Å². The predicted molar refractivity (Wildman–Crippen MR) is 48.8 cm³/mol. The van der Waals surface area contributed by atoms with Crippen LogP contribution in [0.15, 0.2) is 22.7 Å². The molecule has 1 heteroatoms. The van der Waals surface area contributed by atoms with Crippen LogP contribution >= 0.6 is 15.9 Å². The van der Waals surface area contributed by atoms with Gasteiger partial charge in [-0.2, -0.15) is 0 Å². The lowest BCUT2D eigenvalue weighted by Gasteiger charge is -1.89. The first-order valence-electron chi connectivity index (χ1n) is 3.16. The van der Waals surface area contributed by atoms with Gasteiger partial charge in [-0.25, -0.2) is 0 Å². The molecule has 0 rings (SSSR count). The van der Waals surface area contributed by atoms with Gasteiger partial charge in [0.1, 0.15) is 0 Å². The van der Waals surface area contributed by atoms with Crippen molar-refractivity contribution in [2.45, 2.75) is 27.7 Å². The van der Waals surface area contributed by atoms with Crippen molar-refractivity contribution < 1.29 is 0 Å². The molecule has 0 N–H and O–H groups in total. The van der Waals surface area contributed by atoms with E-state index in [4.69, 9.17) is 0 Å². The molecule has 0 saturated carbocycles. The molecule has 0 fully saturated rings. The van der Waals surface area contributed by atoms with Crippen LogP contribution in [0.3, 0.4) is 0 Å². The molecule has 0 aromatic carbocycles. The Bertz CT molecular complexity index is 101. The van der Waals surface area contributed by atoms with Crippen molar-refractivity contribution >= 4 is 15.9 Å². The van der Waals surface area contributed by atoms with E-state index in [0.717, 1.165) is 10.1 Å². The molecule has 0 unspecified atom stereocenters. The molecule has 0 radical (unpaired) electrons. The summed E-state index contributed by atoms with van der Waals surface area (Å²) in [6, 6.07) is 0. The van der Waals surface area contributed by atoms with Crippen LogP contribution in [0.2, 0.25) is 0 Å². The Balaban J connectivity index is 0. The van der Waals surface area contributed by atoms with Crippen LogP contribution < -0.4 is 0 Å². The monoisotopic (exact) mass is 190 g/mol. The van der Waals surface area contributed by atoms with E-state index in [1.807, 2.05) is 33.8 Å². The average molecular weight is 191 g/mol. The third kappa shape index (κ3) is 7.96. The largest absolute Gasteiger partial charge is 0.0950 e. The van der Waals surface area contributed by atoms with Crippen molar-refractivity contribution in [3.8, 4) is 0 Å². The lowest BCUT2D eigenvalue weighted by Crippen LogP contribution is -1.66. The van der Waals surface area contributed by atoms with Crippen molar-refractivity contribution in [2.24, 2.45) is 0 Å². The van der Waals surface area contributed by atoms with E-state index in [9.17, 15) is 0 Å². The van der Waals surface area contributed by atoms with Gasteiger partial charge in [0, 0.05) is 4.48 Å². The minimum absolute atomic E-state index is 1.07. The molecular weight excluding hydrogens is 176 g/mol. The second-order valence-electron chi connectivity index (χ2n) is 1.42. The predicted octanol–water partition coefficient (Wildman–Crippen LogP) is 3.89. The highest BCUT2D eigenvalue weighted by molar-refractivity contribution is 9.11. The lowest BCUT2D eigenvalue weighted by molar-refractivity contribution is 1.50. The molecule has 0 heterocycles. The molecule has 0 bridgehead atoms. The molecule has 0 aliphatic rings. The van der Waals surface area contributed by atoms with Crippen LogP contribution in [-0.4, -0.2) is 0 Å². The number of halogens is 1. The fourth-order valence-corrected chi connectivity index (χ4v) is 0.246. The van der Waals surface area contributed by atoms with Gasteiger partial charge in [0.25, 0.3) is 0 Å². The van der Waals surface area contributed by atoms with E-state index in [0.29, 0.717) is 0 Å². The fourth-order valence-electron chi connectivity index (χ4n) is 0.246. The van der Waals surface area contributed by atoms with Crippen LogP contribution in [0.5, 0.6) is 0 Å². The average Bonchev–Trinajstić information content (AvgIpc) is 1.91. The van der Waals surface area contributed by atoms with Crippen molar-refractivity contribution in [1.29, 1.82) is 0 Å². The molecule has 54 valence electrons. The third-order valence-electron chi connectivity index (χ3n) is 0.661. The zero-order valence-electron chi connectivity index (χ0n) is 6.66. The summed E-state index contributed by atoms with van der Waals surface area (Å²) in [5.74, 6) is 0. The quantitative estimate of drug-likeness (QED) is 0.551. The first-order chi connectivity index (χ1) is 4.18. The molecule has 0 spiro atoms. The third-order valence-corrected chi connectivity index (χ3v) is 1.80. The molecule has 0 aromatic heterocycles. The summed E-state index contributed by atoms with van der Waals surface area (Å²) in [4.78, 5) is 0. The van der Waals surface area contributed by atoms with E-state index in [1.54, 1.807) is 0 Å². The highest BCUT2D eigenvalue weighted by Gasteiger charge is 1.84. The Morgan fingerprint density at radius 2 is 1.78 bits per heavy atom. The maximum Gasteiger partial charge on any atom is 0.0155 e. The van der Waals surface area contributed by atoms with Gasteiger partial charge in [-0.15, -0.1) is 0 Å². The minimum Gasteiger partial charge on any atom is -0.0950 e. The molecule has 0 nitrogen and oxygen atoms in total. The summed E-state index contributed by atoms with van der Waals surface area (Å²) in [6.07, 6.45) is 1.97. The zero-order valence-corrected chi connectivity index (χ0v) is 8.25. The standard InChI is InChI=1S/C6H9Br.C2H6/c1-4-6(7)5(2)3;1-2/h4H,2H2,1,3H3;1-2H3/b6-4+;. The van der Waals surface area contributed by atoms with Gasteiger partial charge in [-0.3, -0.25) is 0 Å². The molecule has 0 aliphatic carbocycles. The maximum absolute atomic E-state index is 3.71. The van der Waals surface area contributed by atoms with Gasteiger partial charge in [0.2, 0.25) is 0 Å². The van der Waals surface area contributed by atoms with Crippen molar-refractivity contribution in [3.63, 3.8) is 0 Å². The molecule has 0 aromatic rings. The summed E-state index contributed by atoms with van der Waals surface area (Å²) in [5, 5.41) is 0. The number of hydrogen-bond acceptors (Lipinski definition) is 0. The Morgan fingerprint density at radius 1 is 1.44 bits per heavy atom. The van der Waals surface area contributed by atoms with Gasteiger partial charge < -0.3 is 0 Å². The number of hydrogen-bond donors (Lipinski definition) is 0. The normalized spacial score (nSPS) is 9.67. The van der Waals surface area contributed by atoms with Crippen LogP contribution in [0.1, 0.15) is 27.7 Å². The van der Waals surface area contributed by atoms with Gasteiger partial charge >= 0.3 is 0 Å². The van der Waals surface area contributed by atoms with Crippen molar-refractivity contribution in [1.82, 2.24) is 0 Å². The van der Waals surface area contributed by atoms with Gasteiger partial charge in [-0.1, -0.05) is 42.4 Å². The highest BCUT2D eigenvalue weighted by Crippen LogP contribution is 2.12. The summed E-state index contributed by atoms with van der Waals surface area (Å²) in [6.45, 7) is 11.6. The molecule has 0 aliphatic heterocycles. The van der Waals surface area contributed by atoms with Crippen molar-refractivity contribution in [3.05, 3.63) is 22.7 Å². The van der Waals surface area contributed by atoms with Crippen LogP contribution in [-0.2, 0) is 0 Å². The Kier molecular flexibility index (Phi) is 10.4. The number of allylic oxidation sites excluding steroid dienone is 3. The second-order valence-corrected chi connectivity index (χ2v) is 2.27. The lowest BCUT2D eigenvalue weighted by atomic mass is 10.3. The zero-order chi connectivity index (χ0) is 7.86. The van der Waals surface area contributed by atoms with E-state index in [1.165, 1.54) is 0 Å². The van der Waals surface area contributed by atoms with Crippen LogP contribution in [0.25, 0.3) is 0 Å². The topological polar surface area (TPSA) is 0 Å². The summed E-state index contributed by atoms with van der Waals surface area (Å²) >= 11 is 3.30. The molecule has 0 saturated heterocycles. The highest BCUT2D eigenvalue weighted by atomic mass is 79.9. The Hall–Kier alpha value is -0.0400. The first kappa shape index (κ1) is 11.7. The van der Waals surface area contributed by atoms with Gasteiger partial charge in [-0.05, 0) is 19.4 Å². The minimum atomic E-state index is 1.07. The summed E-state index contributed by atoms with van der Waals surface area (Å²) in [5.41, 5.74) is 1.07. The molecule has 9 heavy (non-hydrogen) atoms. The van der Waals surface area contributed by atoms with E-state index in [-0.39, 0.29) is 0 Å². The number of rotatable bonds is 1. The fraction of sp³-hybridized carbons (Fsp3) is 0.500. The van der Waals surface area contributed by atoms with E-state index >= 15 is 0 Å². The van der Waals surface area contributed by atoms with E-state index in [2.05, 4.69) is 22.5 Å². The Labute approximate surface area is 66.8 Å². The SMILES string of the molecule is C=C(C)/C(Br)=C\C.CC. The summed E-state index contributed by atoms with van der Waals surface area (Å²) < 4.78 is 1.09. The van der Waals surface area contributed by atoms with Crippen LogP contribution in [0, 0.1) is 0 Å². The van der Waals surface area contributed by atoms with Gasteiger partial charge in [0.05, 0.1) is 0 Å². The molecule has 0 atom stereocenters. The second kappa shape index (κ2) is 7.96. The summed E-state index contributed by atoms with van der Waals surface area (Å²) in [7, 11) is 0. The van der Waals surface area contributed by atoms with Crippen molar-refractivity contribution in [2.75, 3.05) is 0 Å². The molecular formula is C8H15Br. The first-order valence-corrected chi connectivity index (χ1v) is 3.95. The molecule has 0 amide bonds.